The summed E-state index contributed by atoms with van der Waals surface area (Å²) in [5, 5.41) is 7.20. The van der Waals surface area contributed by atoms with Crippen LogP contribution in [0.1, 0.15) is 12.6 Å². The first kappa shape index (κ1) is 9.44. The Morgan fingerprint density at radius 1 is 1.62 bits per heavy atom. The Kier molecular flexibility index (Phi) is 2.79. The zero-order valence-electron chi connectivity index (χ0n) is 7.78. The summed E-state index contributed by atoms with van der Waals surface area (Å²) < 4.78 is 0. The maximum Gasteiger partial charge on any atom is 0.142 e. The molecule has 0 spiro atoms. The Labute approximate surface area is 77.1 Å². The largest absolute Gasteiger partial charge is 0.382 e. The average Bonchev–Trinajstić information content (AvgIpc) is 2.17. The van der Waals surface area contributed by atoms with Gasteiger partial charge in [-0.3, -0.25) is 5.41 Å². The van der Waals surface area contributed by atoms with E-state index in [9.17, 15) is 0 Å². The van der Waals surface area contributed by atoms with E-state index in [0.29, 0.717) is 5.69 Å². The molecule has 1 heterocycles. The van der Waals surface area contributed by atoms with Crippen molar-refractivity contribution in [3.8, 4) is 0 Å². The van der Waals surface area contributed by atoms with Gasteiger partial charge in [0, 0.05) is 19.7 Å². The molecule has 13 heavy (non-hydrogen) atoms. The van der Waals surface area contributed by atoms with Crippen LogP contribution in [-0.4, -0.2) is 29.4 Å². The lowest BCUT2D eigenvalue weighted by Crippen LogP contribution is -2.19. The number of anilines is 1. The molecule has 0 fully saturated rings. The summed E-state index contributed by atoms with van der Waals surface area (Å²) in [5.41, 5.74) is 5.76. The van der Waals surface area contributed by atoms with E-state index < -0.39 is 0 Å². The van der Waals surface area contributed by atoms with Gasteiger partial charge in [0.25, 0.3) is 0 Å². The number of aromatic nitrogens is 2. The van der Waals surface area contributed by atoms with Gasteiger partial charge in [0.1, 0.15) is 23.7 Å². The minimum absolute atomic E-state index is 0.0341. The van der Waals surface area contributed by atoms with Crippen LogP contribution in [0.4, 0.5) is 5.82 Å². The minimum Gasteiger partial charge on any atom is -0.382 e. The van der Waals surface area contributed by atoms with Crippen molar-refractivity contribution in [2.75, 3.05) is 18.5 Å². The first-order chi connectivity index (χ1) is 6.15. The van der Waals surface area contributed by atoms with E-state index in [1.165, 1.54) is 6.33 Å². The van der Waals surface area contributed by atoms with Crippen molar-refractivity contribution in [2.24, 2.45) is 5.73 Å². The molecule has 0 aromatic carbocycles. The van der Waals surface area contributed by atoms with Gasteiger partial charge >= 0.3 is 0 Å². The van der Waals surface area contributed by atoms with Crippen LogP contribution < -0.4 is 10.6 Å². The molecule has 1 aromatic rings. The van der Waals surface area contributed by atoms with Gasteiger partial charge in [0.2, 0.25) is 0 Å². The third-order valence-electron chi connectivity index (χ3n) is 1.79. The van der Waals surface area contributed by atoms with Crippen molar-refractivity contribution >= 4 is 11.7 Å². The standard InChI is InChI=1S/C8H13N5/c1-3-13(2)7-4-6(8(9)10)11-5-12-7/h4-5H,3H2,1-2H3,(H3,9,10). The second-order valence-electron chi connectivity index (χ2n) is 2.69. The third kappa shape index (κ3) is 2.14. The van der Waals surface area contributed by atoms with E-state index in [1.54, 1.807) is 6.07 Å². The first-order valence-electron chi connectivity index (χ1n) is 4.02. The highest BCUT2D eigenvalue weighted by Gasteiger charge is 2.03. The molecule has 0 aliphatic rings. The number of hydrogen-bond acceptors (Lipinski definition) is 4. The van der Waals surface area contributed by atoms with Crippen molar-refractivity contribution in [1.29, 1.82) is 5.41 Å². The van der Waals surface area contributed by atoms with Gasteiger partial charge in [-0.25, -0.2) is 9.97 Å². The van der Waals surface area contributed by atoms with Crippen LogP contribution in [-0.2, 0) is 0 Å². The van der Waals surface area contributed by atoms with Gasteiger partial charge in [-0.1, -0.05) is 0 Å². The molecule has 0 radical (unpaired) electrons. The minimum atomic E-state index is -0.0341. The molecule has 0 bridgehead atoms. The lowest BCUT2D eigenvalue weighted by Gasteiger charge is -2.15. The summed E-state index contributed by atoms with van der Waals surface area (Å²) >= 11 is 0. The fourth-order valence-electron chi connectivity index (χ4n) is 0.865. The summed E-state index contributed by atoms with van der Waals surface area (Å²) in [5.74, 6) is 0.746. The van der Waals surface area contributed by atoms with Gasteiger partial charge in [-0.2, -0.15) is 0 Å². The van der Waals surface area contributed by atoms with Gasteiger partial charge in [-0.05, 0) is 6.92 Å². The third-order valence-corrected chi connectivity index (χ3v) is 1.79. The molecule has 0 aliphatic heterocycles. The molecule has 1 aromatic heterocycles. The molecular formula is C8H13N5. The summed E-state index contributed by atoms with van der Waals surface area (Å²) in [6.07, 6.45) is 1.41. The predicted molar refractivity (Wildman–Crippen MR) is 52.0 cm³/mol. The highest BCUT2D eigenvalue weighted by atomic mass is 15.2. The number of rotatable bonds is 3. The molecule has 0 amide bonds. The SMILES string of the molecule is CCN(C)c1cc(C(=N)N)ncn1. The number of nitrogens with two attached hydrogens (primary N) is 1. The van der Waals surface area contributed by atoms with Crippen molar-refractivity contribution in [2.45, 2.75) is 6.92 Å². The summed E-state index contributed by atoms with van der Waals surface area (Å²) in [6, 6.07) is 1.70. The number of nitrogens with zero attached hydrogens (tertiary/aromatic N) is 3. The van der Waals surface area contributed by atoms with Crippen LogP contribution in [0.25, 0.3) is 0 Å². The molecule has 5 nitrogen and oxygen atoms in total. The lowest BCUT2D eigenvalue weighted by atomic mass is 10.3. The van der Waals surface area contributed by atoms with E-state index in [0.717, 1.165) is 12.4 Å². The van der Waals surface area contributed by atoms with Crippen molar-refractivity contribution in [3.63, 3.8) is 0 Å². The highest BCUT2D eigenvalue weighted by Crippen LogP contribution is 2.07. The smallest absolute Gasteiger partial charge is 0.142 e. The van der Waals surface area contributed by atoms with E-state index in [1.807, 2.05) is 18.9 Å². The average molecular weight is 179 g/mol. The number of nitrogens with one attached hydrogen (secondary N) is 1. The van der Waals surface area contributed by atoms with E-state index in [-0.39, 0.29) is 5.84 Å². The Bertz CT molecular complexity index is 309. The van der Waals surface area contributed by atoms with Gasteiger partial charge in [-0.15, -0.1) is 0 Å². The Balaban J connectivity index is 2.98. The number of amidine groups is 1. The molecule has 0 atom stereocenters. The topological polar surface area (TPSA) is 78.9 Å². The van der Waals surface area contributed by atoms with E-state index in [4.69, 9.17) is 11.1 Å². The second kappa shape index (κ2) is 3.84. The Morgan fingerprint density at radius 2 is 2.31 bits per heavy atom. The zero-order chi connectivity index (χ0) is 9.84. The van der Waals surface area contributed by atoms with Crippen LogP contribution in [0.15, 0.2) is 12.4 Å². The van der Waals surface area contributed by atoms with E-state index in [2.05, 4.69) is 9.97 Å². The van der Waals surface area contributed by atoms with Gasteiger partial charge < -0.3 is 10.6 Å². The molecule has 5 heteroatoms. The van der Waals surface area contributed by atoms with Crippen molar-refractivity contribution in [3.05, 3.63) is 18.1 Å². The van der Waals surface area contributed by atoms with Crippen LogP contribution >= 0.6 is 0 Å². The molecule has 1 rings (SSSR count). The molecular weight excluding hydrogens is 166 g/mol. The maximum absolute atomic E-state index is 7.20. The zero-order valence-corrected chi connectivity index (χ0v) is 7.78. The normalized spacial score (nSPS) is 9.69. The van der Waals surface area contributed by atoms with Crippen molar-refractivity contribution < 1.29 is 0 Å². The first-order valence-corrected chi connectivity index (χ1v) is 4.02. The number of hydrogen-bond donors (Lipinski definition) is 2. The van der Waals surface area contributed by atoms with Gasteiger partial charge in [0.05, 0.1) is 0 Å². The van der Waals surface area contributed by atoms with Crippen LogP contribution in [0.5, 0.6) is 0 Å². The maximum atomic E-state index is 7.20. The van der Waals surface area contributed by atoms with Gasteiger partial charge in [0.15, 0.2) is 0 Å². The Morgan fingerprint density at radius 3 is 2.85 bits per heavy atom. The Hall–Kier alpha value is -1.65. The number of nitrogen functional groups attached to an aromatic ring is 1. The molecule has 70 valence electrons. The summed E-state index contributed by atoms with van der Waals surface area (Å²) in [7, 11) is 1.92. The van der Waals surface area contributed by atoms with Crippen LogP contribution in [0.3, 0.4) is 0 Å². The second-order valence-corrected chi connectivity index (χ2v) is 2.69. The van der Waals surface area contributed by atoms with Crippen LogP contribution in [0, 0.1) is 5.41 Å². The van der Waals surface area contributed by atoms with Crippen molar-refractivity contribution in [1.82, 2.24) is 9.97 Å². The molecule has 0 unspecified atom stereocenters. The lowest BCUT2D eigenvalue weighted by molar-refractivity contribution is 0.926. The predicted octanol–water partition coefficient (Wildman–Crippen LogP) is 0.217. The quantitative estimate of drug-likeness (QED) is 0.513. The summed E-state index contributed by atoms with van der Waals surface area (Å²) in [4.78, 5) is 9.88. The molecule has 0 aliphatic carbocycles. The monoisotopic (exact) mass is 179 g/mol. The highest BCUT2D eigenvalue weighted by molar-refractivity contribution is 5.93. The molecule has 0 saturated heterocycles. The molecule has 3 N–H and O–H groups in total. The fraction of sp³-hybridized carbons (Fsp3) is 0.375. The summed E-state index contributed by atoms with van der Waals surface area (Å²) in [6.45, 7) is 2.88. The van der Waals surface area contributed by atoms with E-state index >= 15 is 0 Å². The molecule has 0 saturated carbocycles. The fourth-order valence-corrected chi connectivity index (χ4v) is 0.865. The van der Waals surface area contributed by atoms with Crippen LogP contribution in [0.2, 0.25) is 0 Å².